The summed E-state index contributed by atoms with van der Waals surface area (Å²) in [5.41, 5.74) is 3.50. The van der Waals surface area contributed by atoms with Gasteiger partial charge in [-0.25, -0.2) is 9.79 Å². The van der Waals surface area contributed by atoms with Gasteiger partial charge in [0, 0.05) is 17.8 Å². The molecule has 1 aliphatic heterocycles. The van der Waals surface area contributed by atoms with Crippen molar-refractivity contribution in [2.45, 2.75) is 40.3 Å². The molecule has 0 spiro atoms. The van der Waals surface area contributed by atoms with E-state index in [1.165, 1.54) is 11.3 Å². The fraction of sp³-hybridized carbons (Fsp3) is 0.304. The van der Waals surface area contributed by atoms with Crippen LogP contribution in [0.3, 0.4) is 0 Å². The first kappa shape index (κ1) is 21.0. The number of allylic oxidation sites excluding steroid dienone is 1. The number of hydrogen-bond donors (Lipinski definition) is 0. The average molecular weight is 437 g/mol. The molecule has 160 valence electrons. The molecule has 7 nitrogen and oxygen atoms in total. The zero-order chi connectivity index (χ0) is 22.1. The number of aromatic nitrogens is 3. The number of fused-ring (bicyclic) bond motifs is 1. The first-order valence-electron chi connectivity index (χ1n) is 10.2. The number of ether oxygens (including phenoxy) is 1. The number of carbonyl (C=O) groups excluding carboxylic acids is 1. The van der Waals surface area contributed by atoms with Crippen molar-refractivity contribution in [1.29, 1.82) is 0 Å². The Bertz CT molecular complexity index is 1350. The van der Waals surface area contributed by atoms with Crippen molar-refractivity contribution in [3.05, 3.63) is 84.3 Å². The molecule has 1 aliphatic rings. The molecule has 1 atom stereocenters. The molecule has 31 heavy (non-hydrogen) atoms. The zero-order valence-electron chi connectivity index (χ0n) is 18.0. The topological polar surface area (TPSA) is 78.5 Å². The summed E-state index contributed by atoms with van der Waals surface area (Å²) in [6.07, 6.45) is 3.62. The summed E-state index contributed by atoms with van der Waals surface area (Å²) < 4.78 is 9.35. The molecule has 0 saturated heterocycles. The van der Waals surface area contributed by atoms with Crippen LogP contribution < -0.4 is 14.9 Å². The minimum Gasteiger partial charge on any atom is -0.463 e. The van der Waals surface area contributed by atoms with Gasteiger partial charge in [0.15, 0.2) is 4.80 Å². The van der Waals surface area contributed by atoms with Gasteiger partial charge in [-0.1, -0.05) is 41.7 Å². The fourth-order valence-electron chi connectivity index (χ4n) is 3.80. The molecule has 0 amide bonds. The van der Waals surface area contributed by atoms with Crippen LogP contribution in [0, 0.1) is 6.92 Å². The van der Waals surface area contributed by atoms with Gasteiger partial charge in [-0.15, -0.1) is 0 Å². The van der Waals surface area contributed by atoms with Crippen LogP contribution in [0.4, 0.5) is 0 Å². The minimum atomic E-state index is -0.585. The van der Waals surface area contributed by atoms with E-state index in [9.17, 15) is 9.59 Å². The van der Waals surface area contributed by atoms with Crippen LogP contribution in [-0.4, -0.2) is 26.9 Å². The van der Waals surface area contributed by atoms with E-state index >= 15 is 0 Å². The molecule has 0 fully saturated rings. The molecule has 8 heteroatoms. The zero-order valence-corrected chi connectivity index (χ0v) is 18.8. The minimum absolute atomic E-state index is 0.185. The van der Waals surface area contributed by atoms with Crippen molar-refractivity contribution in [3.8, 4) is 0 Å². The normalized spacial score (nSPS) is 16.3. The molecular weight excluding hydrogens is 412 g/mol. The quantitative estimate of drug-likeness (QED) is 0.575. The summed E-state index contributed by atoms with van der Waals surface area (Å²) in [5, 5.41) is 4.36. The van der Waals surface area contributed by atoms with E-state index in [2.05, 4.69) is 10.1 Å². The predicted molar refractivity (Wildman–Crippen MR) is 119 cm³/mol. The number of esters is 1. The largest absolute Gasteiger partial charge is 0.463 e. The van der Waals surface area contributed by atoms with Crippen molar-refractivity contribution in [2.24, 2.45) is 4.99 Å². The lowest BCUT2D eigenvalue weighted by Gasteiger charge is -2.24. The van der Waals surface area contributed by atoms with Gasteiger partial charge in [-0.05, 0) is 39.3 Å². The maximum atomic E-state index is 13.5. The molecule has 0 bridgehead atoms. The third-order valence-electron chi connectivity index (χ3n) is 5.36. The monoisotopic (exact) mass is 436 g/mol. The standard InChI is InChI=1S/C23H24N4O3S/c1-5-26-15(4)17(13-24-26)12-18-21(28)27-20(16-10-8-7-9-11-16)19(22(29)30-6-2)14(3)25-23(27)31-18/h7-13,20H,5-6H2,1-4H3/b18-12+/t20-/m1/s1. The van der Waals surface area contributed by atoms with Gasteiger partial charge in [0.2, 0.25) is 0 Å². The lowest BCUT2D eigenvalue weighted by atomic mass is 9.96. The predicted octanol–water partition coefficient (Wildman–Crippen LogP) is 2.32. The van der Waals surface area contributed by atoms with Crippen LogP contribution in [0.1, 0.15) is 43.6 Å². The highest BCUT2D eigenvalue weighted by Crippen LogP contribution is 2.30. The Morgan fingerprint density at radius 1 is 1.23 bits per heavy atom. The van der Waals surface area contributed by atoms with Gasteiger partial charge in [0.1, 0.15) is 0 Å². The highest BCUT2D eigenvalue weighted by Gasteiger charge is 2.33. The van der Waals surface area contributed by atoms with Crippen LogP contribution in [0.15, 0.2) is 57.6 Å². The van der Waals surface area contributed by atoms with Crippen LogP contribution in [0.5, 0.6) is 0 Å². The van der Waals surface area contributed by atoms with Crippen LogP contribution >= 0.6 is 11.3 Å². The van der Waals surface area contributed by atoms with Gasteiger partial charge in [0.05, 0.1) is 34.6 Å². The van der Waals surface area contributed by atoms with E-state index in [1.54, 1.807) is 24.6 Å². The number of nitrogens with zero attached hydrogens (tertiary/aromatic N) is 4. The van der Waals surface area contributed by atoms with Crippen molar-refractivity contribution in [3.63, 3.8) is 0 Å². The molecular formula is C23H24N4O3S. The van der Waals surface area contributed by atoms with E-state index in [1.807, 2.05) is 54.9 Å². The third kappa shape index (κ3) is 3.67. The maximum absolute atomic E-state index is 13.5. The number of rotatable bonds is 5. The smallest absolute Gasteiger partial charge is 0.338 e. The number of hydrogen-bond acceptors (Lipinski definition) is 6. The molecule has 3 heterocycles. The molecule has 0 unspecified atom stereocenters. The van der Waals surface area contributed by atoms with E-state index in [-0.39, 0.29) is 12.2 Å². The Morgan fingerprint density at radius 2 is 1.97 bits per heavy atom. The van der Waals surface area contributed by atoms with Crippen LogP contribution in [0.25, 0.3) is 6.08 Å². The van der Waals surface area contributed by atoms with Crippen LogP contribution in [-0.2, 0) is 16.1 Å². The highest BCUT2D eigenvalue weighted by atomic mass is 32.1. The first-order valence-corrected chi connectivity index (χ1v) is 11.0. The maximum Gasteiger partial charge on any atom is 0.338 e. The fourth-order valence-corrected chi connectivity index (χ4v) is 4.84. The molecule has 3 aromatic rings. The Balaban J connectivity index is 1.95. The summed E-state index contributed by atoms with van der Waals surface area (Å²) in [7, 11) is 0. The summed E-state index contributed by atoms with van der Waals surface area (Å²) >= 11 is 1.32. The van der Waals surface area contributed by atoms with Gasteiger partial charge in [0.25, 0.3) is 5.56 Å². The van der Waals surface area contributed by atoms with E-state index in [0.29, 0.717) is 20.6 Å². The number of aryl methyl sites for hydroxylation is 1. The second kappa shape index (κ2) is 8.47. The highest BCUT2D eigenvalue weighted by molar-refractivity contribution is 7.07. The van der Waals surface area contributed by atoms with Gasteiger partial charge < -0.3 is 4.74 Å². The number of carbonyl (C=O) groups is 1. The molecule has 0 radical (unpaired) electrons. The summed E-state index contributed by atoms with van der Waals surface area (Å²) in [4.78, 5) is 31.5. The second-order valence-electron chi connectivity index (χ2n) is 7.21. The van der Waals surface area contributed by atoms with Crippen molar-refractivity contribution in [1.82, 2.24) is 14.3 Å². The van der Waals surface area contributed by atoms with Crippen molar-refractivity contribution in [2.75, 3.05) is 6.61 Å². The van der Waals surface area contributed by atoms with Crippen molar-refractivity contribution >= 4 is 23.4 Å². The van der Waals surface area contributed by atoms with Crippen LogP contribution in [0.2, 0.25) is 0 Å². The molecule has 0 N–H and O–H groups in total. The van der Waals surface area contributed by atoms with E-state index in [4.69, 9.17) is 4.74 Å². The lowest BCUT2D eigenvalue weighted by Crippen LogP contribution is -2.39. The molecule has 4 rings (SSSR count). The number of benzene rings is 1. The second-order valence-corrected chi connectivity index (χ2v) is 8.22. The Kier molecular flexibility index (Phi) is 5.73. The van der Waals surface area contributed by atoms with Gasteiger partial charge in [-0.2, -0.15) is 5.10 Å². The van der Waals surface area contributed by atoms with E-state index in [0.717, 1.165) is 23.4 Å². The summed E-state index contributed by atoms with van der Waals surface area (Å²) in [6, 6.07) is 8.93. The molecule has 0 saturated carbocycles. The first-order chi connectivity index (χ1) is 15.0. The Hall–Kier alpha value is -3.26. The number of thiazole rings is 1. The Labute approximate surface area is 183 Å². The van der Waals surface area contributed by atoms with E-state index < -0.39 is 12.0 Å². The SMILES string of the molecule is CCOC(=O)C1=C(C)N=c2s/c(=C/c3cnn(CC)c3C)c(=O)n2[C@@H]1c1ccccc1. The third-order valence-corrected chi connectivity index (χ3v) is 6.34. The molecule has 1 aromatic carbocycles. The molecule has 2 aromatic heterocycles. The lowest BCUT2D eigenvalue weighted by molar-refractivity contribution is -0.139. The molecule has 0 aliphatic carbocycles. The summed E-state index contributed by atoms with van der Waals surface area (Å²) in [5.74, 6) is -0.452. The van der Waals surface area contributed by atoms with Crippen molar-refractivity contribution < 1.29 is 9.53 Å². The Morgan fingerprint density at radius 3 is 2.61 bits per heavy atom. The van der Waals surface area contributed by atoms with Gasteiger partial charge in [-0.3, -0.25) is 14.0 Å². The average Bonchev–Trinajstić information content (AvgIpc) is 3.27. The van der Waals surface area contributed by atoms with Gasteiger partial charge >= 0.3 is 5.97 Å². The summed E-state index contributed by atoms with van der Waals surface area (Å²) in [6.45, 7) is 8.57.